The van der Waals surface area contributed by atoms with Gasteiger partial charge in [0.15, 0.2) is 0 Å². The minimum atomic E-state index is -0.372. The Balaban J connectivity index is 2.50. The van der Waals surface area contributed by atoms with Crippen molar-refractivity contribution >= 4 is 11.6 Å². The molecule has 1 aliphatic rings. The molecule has 1 saturated carbocycles. The van der Waals surface area contributed by atoms with Crippen molar-refractivity contribution in [1.82, 2.24) is 0 Å². The van der Waals surface area contributed by atoms with Crippen molar-refractivity contribution < 1.29 is 4.74 Å². The Morgan fingerprint density at radius 1 is 1.28 bits per heavy atom. The number of halogens is 1. The van der Waals surface area contributed by atoms with Crippen molar-refractivity contribution in [2.75, 3.05) is 7.11 Å². The zero-order valence-electron chi connectivity index (χ0n) is 11.4. The molecule has 2 nitrogen and oxygen atoms in total. The fourth-order valence-corrected chi connectivity index (χ4v) is 3.05. The highest BCUT2D eigenvalue weighted by Gasteiger charge is 2.25. The summed E-state index contributed by atoms with van der Waals surface area (Å²) in [5.41, 5.74) is 8.12. The Bertz CT molecular complexity index is 431. The van der Waals surface area contributed by atoms with Crippen LogP contribution in [0.5, 0.6) is 5.75 Å². The Morgan fingerprint density at radius 2 is 1.89 bits per heavy atom. The summed E-state index contributed by atoms with van der Waals surface area (Å²) in [5, 5.41) is 0.676. The van der Waals surface area contributed by atoms with E-state index in [0.29, 0.717) is 10.9 Å². The average Bonchev–Trinajstić information content (AvgIpc) is 2.79. The molecular formula is C15H22ClNO. The fraction of sp³-hybridized carbons (Fsp3) is 0.600. The standard InChI is InChI=1S/C15H22ClNO/c1-15(2,17)11-8-12(10-6-4-5-7-10)14(18-3)13(16)9-11/h8-10H,4-7,17H2,1-3H3. The van der Waals surface area contributed by atoms with Crippen LogP contribution in [0, 0.1) is 0 Å². The third kappa shape index (κ3) is 2.65. The first kappa shape index (κ1) is 13.7. The van der Waals surface area contributed by atoms with Crippen molar-refractivity contribution in [2.24, 2.45) is 5.73 Å². The monoisotopic (exact) mass is 267 g/mol. The van der Waals surface area contributed by atoms with Gasteiger partial charge in [0.1, 0.15) is 5.75 Å². The van der Waals surface area contributed by atoms with Crippen LogP contribution in [0.2, 0.25) is 5.02 Å². The summed E-state index contributed by atoms with van der Waals surface area (Å²) >= 11 is 6.34. The first-order valence-electron chi connectivity index (χ1n) is 6.60. The molecule has 0 aromatic heterocycles. The lowest BCUT2D eigenvalue weighted by molar-refractivity contribution is 0.404. The van der Waals surface area contributed by atoms with Gasteiger partial charge in [-0.3, -0.25) is 0 Å². The summed E-state index contributed by atoms with van der Waals surface area (Å²) in [6.45, 7) is 4.01. The number of benzene rings is 1. The van der Waals surface area contributed by atoms with Gasteiger partial charge in [0.2, 0.25) is 0 Å². The van der Waals surface area contributed by atoms with E-state index in [1.807, 2.05) is 19.9 Å². The molecule has 18 heavy (non-hydrogen) atoms. The molecule has 0 atom stereocenters. The molecule has 0 heterocycles. The largest absolute Gasteiger partial charge is 0.495 e. The van der Waals surface area contributed by atoms with E-state index in [-0.39, 0.29) is 5.54 Å². The highest BCUT2D eigenvalue weighted by Crippen LogP contribution is 2.43. The Hall–Kier alpha value is -0.730. The molecule has 1 aromatic carbocycles. The number of rotatable bonds is 3. The molecule has 0 unspecified atom stereocenters. The van der Waals surface area contributed by atoms with Crippen LogP contribution in [-0.2, 0) is 5.54 Å². The molecule has 2 N–H and O–H groups in total. The molecule has 3 heteroatoms. The fourth-order valence-electron chi connectivity index (χ4n) is 2.74. The van der Waals surface area contributed by atoms with Crippen LogP contribution in [0.15, 0.2) is 12.1 Å². The van der Waals surface area contributed by atoms with E-state index in [4.69, 9.17) is 22.1 Å². The van der Waals surface area contributed by atoms with Crippen molar-refractivity contribution in [2.45, 2.75) is 51.0 Å². The molecule has 2 rings (SSSR count). The van der Waals surface area contributed by atoms with Crippen molar-refractivity contribution in [3.63, 3.8) is 0 Å². The normalized spacial score (nSPS) is 17.2. The lowest BCUT2D eigenvalue weighted by atomic mass is 9.89. The average molecular weight is 268 g/mol. The molecule has 1 fully saturated rings. The van der Waals surface area contributed by atoms with Gasteiger partial charge >= 0.3 is 0 Å². The van der Waals surface area contributed by atoms with E-state index in [0.717, 1.165) is 11.3 Å². The van der Waals surface area contributed by atoms with Gasteiger partial charge < -0.3 is 10.5 Å². The van der Waals surface area contributed by atoms with Crippen molar-refractivity contribution in [3.8, 4) is 5.75 Å². The number of hydrogen-bond acceptors (Lipinski definition) is 2. The molecule has 0 amide bonds. The molecule has 0 aliphatic heterocycles. The first-order valence-corrected chi connectivity index (χ1v) is 6.98. The van der Waals surface area contributed by atoms with Gasteiger partial charge in [0.25, 0.3) is 0 Å². The summed E-state index contributed by atoms with van der Waals surface area (Å²) in [6, 6.07) is 4.11. The first-order chi connectivity index (χ1) is 8.43. The van der Waals surface area contributed by atoms with E-state index in [9.17, 15) is 0 Å². The predicted molar refractivity (Wildman–Crippen MR) is 76.4 cm³/mol. The Morgan fingerprint density at radius 3 is 2.39 bits per heavy atom. The maximum Gasteiger partial charge on any atom is 0.140 e. The molecule has 0 spiro atoms. The number of nitrogens with two attached hydrogens (primary N) is 1. The molecule has 1 aliphatic carbocycles. The van der Waals surface area contributed by atoms with Gasteiger partial charge in [-0.2, -0.15) is 0 Å². The maximum absolute atomic E-state index is 6.34. The van der Waals surface area contributed by atoms with Crippen molar-refractivity contribution in [1.29, 1.82) is 0 Å². The summed E-state index contributed by atoms with van der Waals surface area (Å²) in [6.07, 6.45) is 5.03. The van der Waals surface area contributed by atoms with E-state index in [1.54, 1.807) is 7.11 Å². The van der Waals surface area contributed by atoms with E-state index < -0.39 is 0 Å². The van der Waals surface area contributed by atoms with Gasteiger partial charge in [-0.05, 0) is 55.9 Å². The van der Waals surface area contributed by atoms with Gasteiger partial charge in [-0.25, -0.2) is 0 Å². The topological polar surface area (TPSA) is 35.2 Å². The highest BCUT2D eigenvalue weighted by molar-refractivity contribution is 6.32. The zero-order chi connectivity index (χ0) is 13.3. The van der Waals surface area contributed by atoms with Crippen LogP contribution >= 0.6 is 11.6 Å². The third-order valence-electron chi connectivity index (χ3n) is 3.82. The summed E-state index contributed by atoms with van der Waals surface area (Å²) in [5.74, 6) is 1.40. The van der Waals surface area contributed by atoms with Gasteiger partial charge in [0.05, 0.1) is 12.1 Å². The Labute approximate surface area is 114 Å². The van der Waals surface area contributed by atoms with Crippen LogP contribution < -0.4 is 10.5 Å². The number of hydrogen-bond donors (Lipinski definition) is 1. The quantitative estimate of drug-likeness (QED) is 0.891. The Kier molecular flexibility index (Phi) is 3.88. The number of ether oxygens (including phenoxy) is 1. The predicted octanol–water partition coefficient (Wildman–Crippen LogP) is 4.20. The molecule has 0 saturated heterocycles. The number of methoxy groups -OCH3 is 1. The summed E-state index contributed by atoms with van der Waals surface area (Å²) in [7, 11) is 1.69. The van der Waals surface area contributed by atoms with E-state index in [2.05, 4.69) is 6.07 Å². The zero-order valence-corrected chi connectivity index (χ0v) is 12.2. The molecule has 1 aromatic rings. The lowest BCUT2D eigenvalue weighted by Gasteiger charge is -2.24. The molecule has 0 bridgehead atoms. The van der Waals surface area contributed by atoms with Crippen molar-refractivity contribution in [3.05, 3.63) is 28.3 Å². The van der Waals surface area contributed by atoms with E-state index in [1.165, 1.54) is 31.2 Å². The minimum Gasteiger partial charge on any atom is -0.495 e. The summed E-state index contributed by atoms with van der Waals surface area (Å²) < 4.78 is 5.48. The summed E-state index contributed by atoms with van der Waals surface area (Å²) in [4.78, 5) is 0. The molecular weight excluding hydrogens is 246 g/mol. The molecule has 100 valence electrons. The molecule has 0 radical (unpaired) electrons. The second-order valence-electron chi connectivity index (χ2n) is 5.78. The van der Waals surface area contributed by atoms with Crippen LogP contribution in [0.25, 0.3) is 0 Å². The van der Waals surface area contributed by atoms with Crippen LogP contribution in [-0.4, -0.2) is 7.11 Å². The highest BCUT2D eigenvalue weighted by atomic mass is 35.5. The second kappa shape index (κ2) is 5.10. The van der Waals surface area contributed by atoms with Crippen LogP contribution in [0.1, 0.15) is 56.6 Å². The maximum atomic E-state index is 6.34. The third-order valence-corrected chi connectivity index (χ3v) is 4.10. The SMILES string of the molecule is COc1c(Cl)cc(C(C)(C)N)cc1C1CCCC1. The minimum absolute atomic E-state index is 0.372. The van der Waals surface area contributed by atoms with Gasteiger partial charge in [-0.15, -0.1) is 0 Å². The van der Waals surface area contributed by atoms with E-state index >= 15 is 0 Å². The van der Waals surface area contributed by atoms with Gasteiger partial charge in [0, 0.05) is 5.54 Å². The lowest BCUT2D eigenvalue weighted by Crippen LogP contribution is -2.28. The van der Waals surface area contributed by atoms with Gasteiger partial charge in [-0.1, -0.05) is 24.4 Å². The smallest absolute Gasteiger partial charge is 0.140 e. The van der Waals surface area contributed by atoms with Crippen LogP contribution in [0.3, 0.4) is 0 Å². The van der Waals surface area contributed by atoms with Crippen LogP contribution in [0.4, 0.5) is 0 Å². The second-order valence-corrected chi connectivity index (χ2v) is 6.19.